The first-order chi connectivity index (χ1) is 11.8. The highest BCUT2D eigenvalue weighted by molar-refractivity contribution is 5.92. The summed E-state index contributed by atoms with van der Waals surface area (Å²) in [6.45, 7) is 0. The average molecular weight is 317 g/mol. The molecule has 7 nitrogen and oxygen atoms in total. The van der Waals surface area contributed by atoms with Gasteiger partial charge in [0.2, 0.25) is 0 Å². The monoisotopic (exact) mass is 317 g/mol. The van der Waals surface area contributed by atoms with Crippen molar-refractivity contribution in [2.45, 2.75) is 0 Å². The van der Waals surface area contributed by atoms with E-state index in [2.05, 4.69) is 20.5 Å². The van der Waals surface area contributed by atoms with Gasteiger partial charge in [-0.2, -0.15) is 0 Å². The van der Waals surface area contributed by atoms with Gasteiger partial charge in [-0.1, -0.05) is 24.3 Å². The Morgan fingerprint density at radius 1 is 0.958 bits per heavy atom. The number of hydrogen-bond donors (Lipinski definition) is 0. The Labute approximate surface area is 136 Å². The maximum Gasteiger partial charge on any atom is 0.362 e. The Hall–Kier alpha value is -3.61. The quantitative estimate of drug-likeness (QED) is 0.426. The van der Waals surface area contributed by atoms with Crippen molar-refractivity contribution in [1.82, 2.24) is 25.2 Å². The van der Waals surface area contributed by atoms with E-state index < -0.39 is 5.97 Å². The normalized spacial score (nSPS) is 10.7. The van der Waals surface area contributed by atoms with Crippen molar-refractivity contribution in [1.29, 1.82) is 0 Å². The zero-order valence-corrected chi connectivity index (χ0v) is 12.4. The molecule has 0 aliphatic heterocycles. The van der Waals surface area contributed by atoms with Crippen LogP contribution in [-0.2, 0) is 0 Å². The summed E-state index contributed by atoms with van der Waals surface area (Å²) >= 11 is 0. The van der Waals surface area contributed by atoms with Crippen molar-refractivity contribution < 1.29 is 9.53 Å². The number of carbonyl (C=O) groups excluding carboxylic acids is 1. The van der Waals surface area contributed by atoms with Crippen LogP contribution in [0.1, 0.15) is 10.5 Å². The molecule has 24 heavy (non-hydrogen) atoms. The fourth-order valence-electron chi connectivity index (χ4n) is 2.29. The SMILES string of the molecule is O=C(Oc1ccc(-n2cnnn2)cc1)c1ccc2ccccc2n1. The van der Waals surface area contributed by atoms with Gasteiger partial charge in [-0.25, -0.2) is 14.5 Å². The Bertz CT molecular complexity index is 997. The Kier molecular flexibility index (Phi) is 3.43. The highest BCUT2D eigenvalue weighted by Gasteiger charge is 2.11. The number of benzene rings is 2. The fraction of sp³-hybridized carbons (Fsp3) is 0. The molecule has 0 saturated heterocycles. The van der Waals surface area contributed by atoms with Gasteiger partial charge in [-0.15, -0.1) is 5.10 Å². The molecule has 4 aromatic rings. The zero-order valence-electron chi connectivity index (χ0n) is 12.4. The number of hydrogen-bond acceptors (Lipinski definition) is 6. The van der Waals surface area contributed by atoms with Gasteiger partial charge in [0.25, 0.3) is 0 Å². The molecule has 0 fully saturated rings. The Balaban J connectivity index is 1.54. The third-order valence-electron chi connectivity index (χ3n) is 3.47. The van der Waals surface area contributed by atoms with Gasteiger partial charge in [0.1, 0.15) is 17.8 Å². The number of para-hydroxylation sites is 1. The lowest BCUT2D eigenvalue weighted by molar-refractivity contribution is 0.0729. The third-order valence-corrected chi connectivity index (χ3v) is 3.47. The van der Waals surface area contributed by atoms with E-state index in [0.29, 0.717) is 5.75 Å². The molecule has 0 radical (unpaired) electrons. The summed E-state index contributed by atoms with van der Waals surface area (Å²) in [6.07, 6.45) is 1.49. The number of aromatic nitrogens is 5. The van der Waals surface area contributed by atoms with Crippen LogP contribution in [-0.4, -0.2) is 31.2 Å². The van der Waals surface area contributed by atoms with Gasteiger partial charge in [-0.3, -0.25) is 0 Å². The first kappa shape index (κ1) is 14.0. The molecule has 0 unspecified atom stereocenters. The topological polar surface area (TPSA) is 82.8 Å². The van der Waals surface area contributed by atoms with E-state index in [4.69, 9.17) is 4.74 Å². The smallest absolute Gasteiger partial charge is 0.362 e. The van der Waals surface area contributed by atoms with Crippen LogP contribution in [0.3, 0.4) is 0 Å². The van der Waals surface area contributed by atoms with Crippen LogP contribution in [0.2, 0.25) is 0 Å². The molecule has 0 N–H and O–H groups in total. The van der Waals surface area contributed by atoms with Crippen LogP contribution in [0.25, 0.3) is 16.6 Å². The highest BCUT2D eigenvalue weighted by Crippen LogP contribution is 2.17. The molecule has 0 spiro atoms. The van der Waals surface area contributed by atoms with Crippen molar-refractivity contribution in [3.8, 4) is 11.4 Å². The molecule has 0 aliphatic carbocycles. The Morgan fingerprint density at radius 2 is 1.79 bits per heavy atom. The van der Waals surface area contributed by atoms with Crippen LogP contribution in [0.15, 0.2) is 67.0 Å². The second-order valence-corrected chi connectivity index (χ2v) is 5.03. The van der Waals surface area contributed by atoms with Crippen LogP contribution < -0.4 is 4.74 Å². The molecular weight excluding hydrogens is 306 g/mol. The van der Waals surface area contributed by atoms with Crippen LogP contribution in [0, 0.1) is 0 Å². The maximum atomic E-state index is 12.2. The number of ether oxygens (including phenoxy) is 1. The third kappa shape index (κ3) is 2.70. The lowest BCUT2D eigenvalue weighted by Gasteiger charge is -2.06. The number of nitrogens with zero attached hydrogens (tertiary/aromatic N) is 5. The van der Waals surface area contributed by atoms with E-state index in [1.165, 1.54) is 11.0 Å². The predicted molar refractivity (Wildman–Crippen MR) is 85.9 cm³/mol. The molecule has 116 valence electrons. The summed E-state index contributed by atoms with van der Waals surface area (Å²) in [7, 11) is 0. The minimum Gasteiger partial charge on any atom is -0.422 e. The molecule has 7 heteroatoms. The van der Waals surface area contributed by atoms with Crippen molar-refractivity contribution in [3.05, 3.63) is 72.7 Å². The van der Waals surface area contributed by atoms with Crippen LogP contribution >= 0.6 is 0 Å². The second kappa shape index (κ2) is 5.88. The number of fused-ring (bicyclic) bond motifs is 1. The minimum absolute atomic E-state index is 0.262. The van der Waals surface area contributed by atoms with Gasteiger partial charge >= 0.3 is 5.97 Å². The van der Waals surface area contributed by atoms with Gasteiger partial charge in [0.15, 0.2) is 0 Å². The van der Waals surface area contributed by atoms with Gasteiger partial charge in [0, 0.05) is 5.39 Å². The summed E-state index contributed by atoms with van der Waals surface area (Å²) in [5.74, 6) is -0.0808. The van der Waals surface area contributed by atoms with Crippen LogP contribution in [0.4, 0.5) is 0 Å². The number of rotatable bonds is 3. The number of carbonyl (C=O) groups is 1. The molecule has 0 bridgehead atoms. The standard InChI is InChI=1S/C17H11N5O2/c23-17(16-10-5-12-3-1-2-4-15(12)19-16)24-14-8-6-13(7-9-14)22-11-18-20-21-22/h1-11H. The van der Waals surface area contributed by atoms with Crippen molar-refractivity contribution in [2.24, 2.45) is 0 Å². The molecule has 0 amide bonds. The van der Waals surface area contributed by atoms with Gasteiger partial charge in [0.05, 0.1) is 11.2 Å². The van der Waals surface area contributed by atoms with E-state index in [-0.39, 0.29) is 5.69 Å². The molecule has 2 aromatic carbocycles. The van der Waals surface area contributed by atoms with Crippen LogP contribution in [0.5, 0.6) is 5.75 Å². The minimum atomic E-state index is -0.504. The summed E-state index contributed by atoms with van der Waals surface area (Å²) < 4.78 is 6.87. The summed E-state index contributed by atoms with van der Waals surface area (Å²) in [5, 5.41) is 11.9. The fourth-order valence-corrected chi connectivity index (χ4v) is 2.29. The number of tetrazole rings is 1. The van der Waals surface area contributed by atoms with Gasteiger partial charge < -0.3 is 4.74 Å². The maximum absolute atomic E-state index is 12.2. The molecule has 0 aliphatic rings. The average Bonchev–Trinajstić information content (AvgIpc) is 3.16. The highest BCUT2D eigenvalue weighted by atomic mass is 16.5. The Morgan fingerprint density at radius 3 is 2.58 bits per heavy atom. The van der Waals surface area contributed by atoms with E-state index >= 15 is 0 Å². The number of pyridine rings is 1. The summed E-state index contributed by atoms with van der Waals surface area (Å²) in [6, 6.07) is 18.0. The number of esters is 1. The zero-order chi connectivity index (χ0) is 16.4. The molecule has 4 rings (SSSR count). The lowest BCUT2D eigenvalue weighted by atomic mass is 10.2. The van der Waals surface area contributed by atoms with Crippen molar-refractivity contribution in [3.63, 3.8) is 0 Å². The van der Waals surface area contributed by atoms with E-state index in [1.807, 2.05) is 30.3 Å². The summed E-state index contributed by atoms with van der Waals surface area (Å²) in [4.78, 5) is 16.6. The lowest BCUT2D eigenvalue weighted by Crippen LogP contribution is -2.10. The van der Waals surface area contributed by atoms with Gasteiger partial charge in [-0.05, 0) is 46.8 Å². The molecule has 0 saturated carbocycles. The predicted octanol–water partition coefficient (Wildman–Crippen LogP) is 2.43. The van der Waals surface area contributed by atoms with E-state index in [0.717, 1.165) is 16.6 Å². The molecule has 2 aromatic heterocycles. The largest absolute Gasteiger partial charge is 0.422 e. The first-order valence-corrected chi connectivity index (χ1v) is 7.21. The van der Waals surface area contributed by atoms with Crippen molar-refractivity contribution in [2.75, 3.05) is 0 Å². The first-order valence-electron chi connectivity index (χ1n) is 7.21. The van der Waals surface area contributed by atoms with E-state index in [9.17, 15) is 4.79 Å². The van der Waals surface area contributed by atoms with Crippen molar-refractivity contribution >= 4 is 16.9 Å². The molecule has 0 atom stereocenters. The molecule has 2 heterocycles. The van der Waals surface area contributed by atoms with E-state index in [1.54, 1.807) is 30.3 Å². The molecular formula is C17H11N5O2. The summed E-state index contributed by atoms with van der Waals surface area (Å²) in [5.41, 5.74) is 1.78. The second-order valence-electron chi connectivity index (χ2n) is 5.03.